The Bertz CT molecular complexity index is 958. The zero-order valence-corrected chi connectivity index (χ0v) is 17.8. The lowest BCUT2D eigenvalue weighted by Crippen LogP contribution is -2.61. The fourth-order valence-electron chi connectivity index (χ4n) is 4.86. The topological polar surface area (TPSA) is 61.9 Å². The molecule has 0 saturated carbocycles. The van der Waals surface area contributed by atoms with E-state index in [9.17, 15) is 9.59 Å². The summed E-state index contributed by atoms with van der Waals surface area (Å²) >= 11 is 0. The van der Waals surface area contributed by atoms with Gasteiger partial charge in [-0.1, -0.05) is 30.7 Å². The third-order valence-corrected chi connectivity index (χ3v) is 6.69. The lowest BCUT2D eigenvalue weighted by Gasteiger charge is -2.44. The fourth-order valence-corrected chi connectivity index (χ4v) is 4.86. The van der Waals surface area contributed by atoms with E-state index in [0.717, 1.165) is 12.1 Å². The maximum absolute atomic E-state index is 13.0. The molecule has 2 aromatic carbocycles. The zero-order chi connectivity index (χ0) is 21.3. The van der Waals surface area contributed by atoms with E-state index in [0.29, 0.717) is 37.2 Å². The number of amides is 2. The minimum atomic E-state index is -0.722. The Morgan fingerprint density at radius 2 is 1.65 bits per heavy atom. The van der Waals surface area contributed by atoms with Crippen LogP contribution in [-0.4, -0.2) is 53.5 Å². The van der Waals surface area contributed by atoms with Gasteiger partial charge in [-0.05, 0) is 55.8 Å². The van der Waals surface area contributed by atoms with E-state index in [1.54, 1.807) is 6.07 Å². The molecule has 2 aromatic rings. The first kappa shape index (κ1) is 20.1. The number of nitrogens with zero attached hydrogens (tertiary/aromatic N) is 2. The van der Waals surface area contributed by atoms with Crippen molar-refractivity contribution in [1.29, 1.82) is 0 Å². The molecule has 2 fully saturated rings. The normalized spacial score (nSPS) is 20.6. The summed E-state index contributed by atoms with van der Waals surface area (Å²) in [5.74, 6) is 0.558. The van der Waals surface area contributed by atoms with Crippen molar-refractivity contribution in [1.82, 2.24) is 15.1 Å². The number of hydrogen-bond donors (Lipinski definition) is 1. The summed E-state index contributed by atoms with van der Waals surface area (Å²) in [5.41, 5.74) is 1.82. The van der Waals surface area contributed by atoms with Gasteiger partial charge in [0.2, 0.25) is 0 Å². The van der Waals surface area contributed by atoms with Crippen LogP contribution >= 0.6 is 0 Å². The third kappa shape index (κ3) is 4.17. The van der Waals surface area contributed by atoms with Crippen molar-refractivity contribution in [3.63, 3.8) is 0 Å². The van der Waals surface area contributed by atoms with E-state index in [-0.39, 0.29) is 11.8 Å². The fraction of sp³-hybridized carbons (Fsp3) is 0.440. The van der Waals surface area contributed by atoms with Gasteiger partial charge in [0.05, 0.1) is 5.56 Å². The average molecular weight is 420 g/mol. The first-order valence-electron chi connectivity index (χ1n) is 11.3. The number of carbonyl (C=O) groups excluding carboxylic acids is 2. The van der Waals surface area contributed by atoms with Gasteiger partial charge in [0, 0.05) is 38.0 Å². The van der Waals surface area contributed by atoms with E-state index in [1.807, 2.05) is 35.2 Å². The molecular weight excluding hydrogens is 390 g/mol. The molecule has 2 amide bonds. The van der Waals surface area contributed by atoms with Crippen molar-refractivity contribution in [2.45, 2.75) is 44.4 Å². The second-order valence-corrected chi connectivity index (χ2v) is 8.87. The Labute approximate surface area is 183 Å². The summed E-state index contributed by atoms with van der Waals surface area (Å²) in [6, 6.07) is 15.4. The molecule has 0 aromatic heterocycles. The van der Waals surface area contributed by atoms with Crippen LogP contribution in [0.15, 0.2) is 48.5 Å². The number of ether oxygens (including phenoxy) is 1. The van der Waals surface area contributed by atoms with Gasteiger partial charge in [-0.15, -0.1) is 0 Å². The molecule has 0 radical (unpaired) electrons. The molecule has 0 bridgehead atoms. The summed E-state index contributed by atoms with van der Waals surface area (Å²) in [7, 11) is 0. The van der Waals surface area contributed by atoms with Crippen LogP contribution in [0.25, 0.3) is 0 Å². The largest absolute Gasteiger partial charge is 0.467 e. The summed E-state index contributed by atoms with van der Waals surface area (Å²) in [6.45, 7) is 4.39. The maximum Gasteiger partial charge on any atom is 0.258 e. The molecule has 3 aliphatic rings. The Kier molecular flexibility index (Phi) is 5.40. The highest BCUT2D eigenvalue weighted by Gasteiger charge is 2.43. The van der Waals surface area contributed by atoms with E-state index in [1.165, 1.54) is 37.9 Å². The highest BCUT2D eigenvalue weighted by molar-refractivity contribution is 5.98. The molecule has 31 heavy (non-hydrogen) atoms. The number of benzene rings is 2. The minimum Gasteiger partial charge on any atom is -0.467 e. The number of rotatable bonds is 3. The summed E-state index contributed by atoms with van der Waals surface area (Å²) in [6.07, 6.45) is 5.05. The molecule has 6 heteroatoms. The van der Waals surface area contributed by atoms with Crippen LogP contribution in [0, 0.1) is 0 Å². The maximum atomic E-state index is 13.0. The van der Waals surface area contributed by atoms with Gasteiger partial charge < -0.3 is 15.0 Å². The van der Waals surface area contributed by atoms with E-state index in [4.69, 9.17) is 4.74 Å². The second kappa shape index (κ2) is 8.35. The lowest BCUT2D eigenvalue weighted by atomic mass is 9.96. The molecule has 1 spiro atoms. The average Bonchev–Trinajstić information content (AvgIpc) is 2.80. The smallest absolute Gasteiger partial charge is 0.258 e. The van der Waals surface area contributed by atoms with Crippen LogP contribution < -0.4 is 10.1 Å². The number of nitrogens with one attached hydrogen (secondary N) is 1. The molecule has 3 aliphatic heterocycles. The molecule has 162 valence electrons. The highest BCUT2D eigenvalue weighted by atomic mass is 16.5. The summed E-state index contributed by atoms with van der Waals surface area (Å²) < 4.78 is 6.18. The molecule has 2 saturated heterocycles. The zero-order valence-electron chi connectivity index (χ0n) is 17.8. The van der Waals surface area contributed by atoms with Gasteiger partial charge in [0.25, 0.3) is 11.8 Å². The number of hydrogen-bond acceptors (Lipinski definition) is 4. The predicted octanol–water partition coefficient (Wildman–Crippen LogP) is 3.43. The Hall–Kier alpha value is -2.86. The monoisotopic (exact) mass is 419 g/mol. The molecule has 0 aliphatic carbocycles. The molecule has 0 unspecified atom stereocenters. The summed E-state index contributed by atoms with van der Waals surface area (Å²) in [5, 5.41) is 3.03. The van der Waals surface area contributed by atoms with Gasteiger partial charge >= 0.3 is 0 Å². The lowest BCUT2D eigenvalue weighted by molar-refractivity contribution is -0.0245. The predicted molar refractivity (Wildman–Crippen MR) is 118 cm³/mol. The van der Waals surface area contributed by atoms with Crippen molar-refractivity contribution in [2.24, 2.45) is 0 Å². The Morgan fingerprint density at radius 1 is 0.935 bits per heavy atom. The van der Waals surface area contributed by atoms with Crippen LogP contribution in [0.1, 0.15) is 58.4 Å². The number of likely N-dealkylation sites (tertiary alicyclic amines) is 2. The third-order valence-electron chi connectivity index (χ3n) is 6.69. The van der Waals surface area contributed by atoms with Crippen molar-refractivity contribution in [2.75, 3.05) is 26.2 Å². The number of para-hydroxylation sites is 1. The van der Waals surface area contributed by atoms with Crippen molar-refractivity contribution < 1.29 is 14.3 Å². The molecular formula is C25H29N3O3. The van der Waals surface area contributed by atoms with Crippen LogP contribution in [0.4, 0.5) is 0 Å². The van der Waals surface area contributed by atoms with Crippen LogP contribution in [0.2, 0.25) is 0 Å². The first-order valence-corrected chi connectivity index (χ1v) is 11.3. The Balaban J connectivity index is 1.20. The van der Waals surface area contributed by atoms with E-state index < -0.39 is 5.72 Å². The van der Waals surface area contributed by atoms with Crippen LogP contribution in [-0.2, 0) is 6.54 Å². The highest BCUT2D eigenvalue weighted by Crippen LogP contribution is 2.33. The Morgan fingerprint density at radius 3 is 2.39 bits per heavy atom. The quantitative estimate of drug-likeness (QED) is 0.828. The molecule has 0 atom stereocenters. The van der Waals surface area contributed by atoms with Crippen LogP contribution in [0.5, 0.6) is 5.75 Å². The van der Waals surface area contributed by atoms with Gasteiger partial charge in [0.1, 0.15) is 5.75 Å². The van der Waals surface area contributed by atoms with Gasteiger partial charge in [-0.25, -0.2) is 0 Å². The molecule has 3 heterocycles. The standard InChI is InChI=1S/C25H29N3O3/c29-23-21-6-2-3-7-22(21)31-25(26-23)12-16-28(17-13-25)24(30)20-10-8-19(9-11-20)18-27-14-4-1-5-15-27/h2-3,6-11H,1,4-5,12-18H2,(H,26,29). The first-order chi connectivity index (χ1) is 15.1. The molecule has 6 nitrogen and oxygen atoms in total. The SMILES string of the molecule is O=C1NC2(CCN(C(=O)c3ccc(CN4CCCCC4)cc3)CC2)Oc2ccccc21. The minimum absolute atomic E-state index is 0.0434. The number of fused-ring (bicyclic) bond motifs is 1. The summed E-state index contributed by atoms with van der Waals surface area (Å²) in [4.78, 5) is 29.9. The van der Waals surface area contributed by atoms with E-state index in [2.05, 4.69) is 22.3 Å². The number of piperidine rings is 2. The molecule has 5 rings (SSSR count). The van der Waals surface area contributed by atoms with Gasteiger partial charge in [-0.2, -0.15) is 0 Å². The van der Waals surface area contributed by atoms with Gasteiger partial charge in [-0.3, -0.25) is 14.5 Å². The van der Waals surface area contributed by atoms with E-state index >= 15 is 0 Å². The van der Waals surface area contributed by atoms with Gasteiger partial charge in [0.15, 0.2) is 5.72 Å². The van der Waals surface area contributed by atoms with Crippen LogP contribution in [0.3, 0.4) is 0 Å². The van der Waals surface area contributed by atoms with Crippen molar-refractivity contribution in [3.8, 4) is 5.75 Å². The number of carbonyl (C=O) groups is 2. The second-order valence-electron chi connectivity index (χ2n) is 8.87. The molecule has 1 N–H and O–H groups in total. The van der Waals surface area contributed by atoms with Crippen molar-refractivity contribution >= 4 is 11.8 Å². The van der Waals surface area contributed by atoms with Crippen molar-refractivity contribution in [3.05, 3.63) is 65.2 Å².